The number of fused-ring (bicyclic) bond motifs is 1. The van der Waals surface area contributed by atoms with Gasteiger partial charge in [0.15, 0.2) is 0 Å². The molecule has 6 heteroatoms. The summed E-state index contributed by atoms with van der Waals surface area (Å²) in [5.74, 6) is 0.733. The second-order valence-electron chi connectivity index (χ2n) is 7.69. The largest absolute Gasteiger partial charge is 0.312 e. The van der Waals surface area contributed by atoms with Gasteiger partial charge < -0.3 is 4.90 Å². The number of sulfonamides is 1. The molecule has 0 saturated heterocycles. The Hall–Kier alpha value is -2.34. The highest BCUT2D eigenvalue weighted by Gasteiger charge is 2.36. The van der Waals surface area contributed by atoms with E-state index in [-0.39, 0.29) is 16.7 Å². The highest BCUT2D eigenvalue weighted by Crippen LogP contribution is 2.37. The molecule has 2 aromatic carbocycles. The van der Waals surface area contributed by atoms with E-state index in [9.17, 15) is 13.2 Å². The van der Waals surface area contributed by atoms with E-state index in [2.05, 4.69) is 18.6 Å². The summed E-state index contributed by atoms with van der Waals surface area (Å²) in [6.45, 7) is 4.83. The average molecular weight is 385 g/mol. The Kier molecular flexibility index (Phi) is 4.46. The average Bonchev–Trinajstić information content (AvgIpc) is 3.40. The Bertz CT molecular complexity index is 977. The number of hydrogen-bond donors (Lipinski definition) is 1. The minimum atomic E-state index is -3.66. The van der Waals surface area contributed by atoms with Crippen LogP contribution in [0.3, 0.4) is 0 Å². The van der Waals surface area contributed by atoms with E-state index in [1.54, 1.807) is 30.3 Å². The summed E-state index contributed by atoms with van der Waals surface area (Å²) in [7, 11) is -3.66. The fraction of sp³-hybridized carbons (Fsp3) is 0.381. The number of rotatable bonds is 5. The van der Waals surface area contributed by atoms with Crippen LogP contribution < -0.4 is 9.62 Å². The summed E-state index contributed by atoms with van der Waals surface area (Å²) in [6.07, 6.45) is 2.63. The predicted molar refractivity (Wildman–Crippen MR) is 107 cm³/mol. The molecule has 142 valence electrons. The second kappa shape index (κ2) is 6.68. The third-order valence-corrected chi connectivity index (χ3v) is 6.66. The molecule has 2 aliphatic rings. The first-order valence-electron chi connectivity index (χ1n) is 9.42. The summed E-state index contributed by atoms with van der Waals surface area (Å²) in [5.41, 5.74) is 3.48. The van der Waals surface area contributed by atoms with Crippen LogP contribution in [0.2, 0.25) is 0 Å². The van der Waals surface area contributed by atoms with Gasteiger partial charge in [-0.2, -0.15) is 0 Å². The van der Waals surface area contributed by atoms with E-state index in [0.29, 0.717) is 24.6 Å². The normalized spacial score (nSPS) is 16.5. The van der Waals surface area contributed by atoms with Crippen molar-refractivity contribution in [1.82, 2.24) is 0 Å². The van der Waals surface area contributed by atoms with Crippen molar-refractivity contribution in [3.8, 4) is 0 Å². The van der Waals surface area contributed by atoms with Gasteiger partial charge in [0.05, 0.1) is 4.90 Å². The van der Waals surface area contributed by atoms with Crippen molar-refractivity contribution in [2.24, 2.45) is 5.92 Å². The van der Waals surface area contributed by atoms with Crippen LogP contribution in [0.4, 0.5) is 11.4 Å². The molecule has 1 N–H and O–H groups in total. The molecule has 1 amide bonds. The van der Waals surface area contributed by atoms with Crippen molar-refractivity contribution in [3.05, 3.63) is 53.6 Å². The summed E-state index contributed by atoms with van der Waals surface area (Å²) < 4.78 is 28.2. The second-order valence-corrected chi connectivity index (χ2v) is 9.37. The number of carbonyl (C=O) groups excluding carboxylic acids is 1. The summed E-state index contributed by atoms with van der Waals surface area (Å²) in [4.78, 5) is 14.4. The molecule has 0 atom stereocenters. The molecule has 1 aliphatic heterocycles. The fourth-order valence-electron chi connectivity index (χ4n) is 3.48. The molecule has 1 aliphatic carbocycles. The monoisotopic (exact) mass is 384 g/mol. The molecule has 5 nitrogen and oxygen atoms in total. The van der Waals surface area contributed by atoms with Crippen LogP contribution in [0.1, 0.15) is 43.7 Å². The van der Waals surface area contributed by atoms with Crippen LogP contribution in [-0.4, -0.2) is 20.9 Å². The van der Waals surface area contributed by atoms with Gasteiger partial charge in [-0.25, -0.2) is 8.42 Å². The lowest BCUT2D eigenvalue weighted by Gasteiger charge is -2.17. The minimum Gasteiger partial charge on any atom is -0.312 e. The van der Waals surface area contributed by atoms with Crippen molar-refractivity contribution in [2.75, 3.05) is 16.2 Å². The quantitative estimate of drug-likeness (QED) is 0.850. The molecule has 1 heterocycles. The first kappa shape index (κ1) is 18.0. The first-order valence-corrected chi connectivity index (χ1v) is 10.9. The maximum absolute atomic E-state index is 12.8. The fourth-order valence-corrected chi connectivity index (χ4v) is 4.58. The molecule has 4 rings (SSSR count). The molecule has 0 aromatic heterocycles. The van der Waals surface area contributed by atoms with Gasteiger partial charge in [-0.1, -0.05) is 26.0 Å². The zero-order valence-electron chi connectivity index (χ0n) is 15.6. The molecule has 27 heavy (non-hydrogen) atoms. The smallest absolute Gasteiger partial charge is 0.261 e. The number of anilines is 2. The summed E-state index contributed by atoms with van der Waals surface area (Å²) >= 11 is 0. The van der Waals surface area contributed by atoms with Crippen molar-refractivity contribution < 1.29 is 13.2 Å². The van der Waals surface area contributed by atoms with E-state index in [1.807, 2.05) is 17.0 Å². The number of nitrogens with zero attached hydrogens (tertiary/aromatic N) is 1. The minimum absolute atomic E-state index is 0.162. The third kappa shape index (κ3) is 3.58. The van der Waals surface area contributed by atoms with E-state index in [0.717, 1.165) is 29.7 Å². The van der Waals surface area contributed by atoms with Crippen molar-refractivity contribution >= 4 is 27.3 Å². The Morgan fingerprint density at radius 1 is 1.11 bits per heavy atom. The number of nitrogens with one attached hydrogen (secondary N) is 1. The lowest BCUT2D eigenvalue weighted by Crippen LogP contribution is -2.30. The van der Waals surface area contributed by atoms with Crippen molar-refractivity contribution in [1.29, 1.82) is 0 Å². The van der Waals surface area contributed by atoms with Crippen LogP contribution in [0.15, 0.2) is 47.4 Å². The molecular weight excluding hydrogens is 360 g/mol. The van der Waals surface area contributed by atoms with Crippen LogP contribution in [-0.2, 0) is 21.2 Å². The van der Waals surface area contributed by atoms with Gasteiger partial charge in [-0.05, 0) is 66.6 Å². The number of carbonyl (C=O) groups is 1. The number of hydrogen-bond acceptors (Lipinski definition) is 3. The van der Waals surface area contributed by atoms with Crippen LogP contribution in [0.25, 0.3) is 0 Å². The zero-order valence-corrected chi connectivity index (χ0v) is 16.4. The third-order valence-electron chi connectivity index (χ3n) is 5.28. The highest BCUT2D eigenvalue weighted by atomic mass is 32.2. The highest BCUT2D eigenvalue weighted by molar-refractivity contribution is 7.92. The van der Waals surface area contributed by atoms with Gasteiger partial charge in [0.25, 0.3) is 10.0 Å². The molecule has 0 spiro atoms. The summed E-state index contributed by atoms with van der Waals surface area (Å²) in [5, 5.41) is 0. The van der Waals surface area contributed by atoms with Gasteiger partial charge in [0.1, 0.15) is 0 Å². The number of amides is 1. The van der Waals surface area contributed by atoms with Gasteiger partial charge in [-0.15, -0.1) is 0 Å². The van der Waals surface area contributed by atoms with E-state index < -0.39 is 10.0 Å². The maximum atomic E-state index is 12.8. The zero-order chi connectivity index (χ0) is 19.2. The Balaban J connectivity index is 1.55. The number of benzene rings is 2. The Morgan fingerprint density at radius 2 is 1.81 bits per heavy atom. The van der Waals surface area contributed by atoms with Gasteiger partial charge in [-0.3, -0.25) is 9.52 Å². The molecule has 1 saturated carbocycles. The topological polar surface area (TPSA) is 66.5 Å². The van der Waals surface area contributed by atoms with E-state index in [4.69, 9.17) is 0 Å². The lowest BCUT2D eigenvalue weighted by molar-refractivity contribution is -0.119. The Labute approximate surface area is 160 Å². The molecule has 1 fully saturated rings. The molecule has 0 radical (unpaired) electrons. The molecule has 2 aromatic rings. The van der Waals surface area contributed by atoms with E-state index in [1.165, 1.54) is 0 Å². The van der Waals surface area contributed by atoms with E-state index >= 15 is 0 Å². The standard InChI is InChI=1S/C21H24N2O3S/c1-14(2)15-5-7-18(8-6-15)22-27(25,26)19-9-10-20-17(13-19)11-12-23(20)21(24)16-3-4-16/h5-10,13-14,16,22H,3-4,11-12H2,1-2H3. The molecular formula is C21H24N2O3S. The van der Waals surface area contributed by atoms with Crippen molar-refractivity contribution in [2.45, 2.75) is 43.9 Å². The molecule has 0 bridgehead atoms. The SMILES string of the molecule is CC(C)c1ccc(NS(=O)(=O)c2ccc3c(c2)CCN3C(=O)C2CC2)cc1. The van der Waals surface area contributed by atoms with Gasteiger partial charge in [0, 0.05) is 23.8 Å². The lowest BCUT2D eigenvalue weighted by atomic mass is 10.0. The maximum Gasteiger partial charge on any atom is 0.261 e. The molecule has 0 unspecified atom stereocenters. The van der Waals surface area contributed by atoms with Crippen LogP contribution in [0, 0.1) is 5.92 Å². The van der Waals surface area contributed by atoms with Crippen molar-refractivity contribution in [3.63, 3.8) is 0 Å². The Morgan fingerprint density at radius 3 is 2.44 bits per heavy atom. The van der Waals surface area contributed by atoms with Crippen LogP contribution >= 0.6 is 0 Å². The predicted octanol–water partition coefficient (Wildman–Crippen LogP) is 3.91. The van der Waals surface area contributed by atoms with Gasteiger partial charge >= 0.3 is 0 Å². The van der Waals surface area contributed by atoms with Crippen LogP contribution in [0.5, 0.6) is 0 Å². The summed E-state index contributed by atoms with van der Waals surface area (Å²) in [6, 6.07) is 12.5. The first-order chi connectivity index (χ1) is 12.8. The van der Waals surface area contributed by atoms with Gasteiger partial charge in [0.2, 0.25) is 5.91 Å².